The molecule has 1 aliphatic heterocycles. The maximum absolute atomic E-state index is 12.9. The summed E-state index contributed by atoms with van der Waals surface area (Å²) in [5, 5.41) is 18.1. The van der Waals surface area contributed by atoms with Crippen LogP contribution in [0.4, 0.5) is 0 Å². The van der Waals surface area contributed by atoms with Crippen molar-refractivity contribution in [2.24, 2.45) is 11.8 Å². The molecule has 0 bridgehead atoms. The number of ketones is 1. The number of carbonyl (C=O) groups excluding carboxylic acids is 3. The third-order valence-corrected chi connectivity index (χ3v) is 6.68. The van der Waals surface area contributed by atoms with Crippen LogP contribution in [-0.4, -0.2) is 47.8 Å². The molecule has 8 nitrogen and oxygen atoms in total. The molecule has 3 atom stereocenters. The average molecular weight is 426 g/mol. The zero-order valence-electron chi connectivity index (χ0n) is 17.8. The maximum atomic E-state index is 12.9. The van der Waals surface area contributed by atoms with Crippen LogP contribution in [0, 0.1) is 23.2 Å². The molecule has 0 radical (unpaired) electrons. The van der Waals surface area contributed by atoms with Gasteiger partial charge in [-0.2, -0.15) is 5.26 Å². The van der Waals surface area contributed by atoms with E-state index in [9.17, 15) is 19.6 Å². The van der Waals surface area contributed by atoms with Gasteiger partial charge in [-0.1, -0.05) is 12.8 Å². The Labute approximate surface area is 182 Å². The van der Waals surface area contributed by atoms with Gasteiger partial charge in [-0.05, 0) is 62.5 Å². The largest absolute Gasteiger partial charge is 0.356 e. The van der Waals surface area contributed by atoms with Crippen molar-refractivity contribution in [3.63, 3.8) is 0 Å². The summed E-state index contributed by atoms with van der Waals surface area (Å²) in [6.07, 6.45) is 8.14. The highest BCUT2D eigenvalue weighted by Crippen LogP contribution is 2.33. The third kappa shape index (κ3) is 5.53. The zero-order chi connectivity index (χ0) is 21.8. The first kappa shape index (κ1) is 21.6. The van der Waals surface area contributed by atoms with E-state index in [2.05, 4.69) is 27.0 Å². The lowest BCUT2D eigenvalue weighted by Gasteiger charge is -2.19. The van der Waals surface area contributed by atoms with Gasteiger partial charge in [-0.15, -0.1) is 0 Å². The molecule has 2 amide bonds. The van der Waals surface area contributed by atoms with Gasteiger partial charge in [0.25, 0.3) is 5.91 Å². The minimum absolute atomic E-state index is 0.00542. The number of amides is 2. The van der Waals surface area contributed by atoms with Crippen molar-refractivity contribution >= 4 is 17.6 Å². The summed E-state index contributed by atoms with van der Waals surface area (Å²) >= 11 is 0. The molecule has 1 aromatic heterocycles. The number of nitrogens with zero attached hydrogens (tertiary/aromatic N) is 1. The van der Waals surface area contributed by atoms with Crippen LogP contribution in [-0.2, 0) is 22.4 Å². The molecule has 1 saturated heterocycles. The number of hydrogen-bond acceptors (Lipinski definition) is 5. The van der Waals surface area contributed by atoms with Crippen molar-refractivity contribution in [1.29, 1.82) is 5.26 Å². The van der Waals surface area contributed by atoms with Gasteiger partial charge in [0.1, 0.15) is 5.69 Å². The molecular formula is C23H31N5O3. The van der Waals surface area contributed by atoms with Crippen LogP contribution in [0.1, 0.15) is 66.7 Å². The molecular weight excluding hydrogens is 394 g/mol. The fraction of sp³-hybridized carbons (Fsp3) is 0.652. The highest BCUT2D eigenvalue weighted by molar-refractivity contribution is 5.97. The Morgan fingerprint density at radius 2 is 2.00 bits per heavy atom. The number of rotatable bonds is 10. The normalized spacial score (nSPS) is 22.2. The topological polar surface area (TPSA) is 127 Å². The molecule has 31 heavy (non-hydrogen) atoms. The van der Waals surface area contributed by atoms with Crippen molar-refractivity contribution in [3.8, 4) is 6.07 Å². The van der Waals surface area contributed by atoms with E-state index < -0.39 is 12.1 Å². The monoisotopic (exact) mass is 425 g/mol. The van der Waals surface area contributed by atoms with Crippen LogP contribution in [0.15, 0.2) is 6.07 Å². The summed E-state index contributed by atoms with van der Waals surface area (Å²) in [7, 11) is 0. The molecule has 4 N–H and O–H groups in total. The molecule has 4 rings (SSSR count). The van der Waals surface area contributed by atoms with E-state index in [0.717, 1.165) is 44.2 Å². The number of H-pyrrole nitrogens is 1. The first-order chi connectivity index (χ1) is 15.0. The fourth-order valence-electron chi connectivity index (χ4n) is 4.60. The van der Waals surface area contributed by atoms with Gasteiger partial charge >= 0.3 is 0 Å². The maximum Gasteiger partial charge on any atom is 0.268 e. The van der Waals surface area contributed by atoms with Gasteiger partial charge in [0.2, 0.25) is 5.91 Å². The molecule has 8 heteroatoms. The van der Waals surface area contributed by atoms with Crippen LogP contribution in [0.3, 0.4) is 0 Å². The Kier molecular flexibility index (Phi) is 6.71. The Morgan fingerprint density at radius 1 is 1.19 bits per heavy atom. The predicted octanol–water partition coefficient (Wildman–Crippen LogP) is 1.37. The number of Topliss-reactive ketones (excluding diaryl/α,β-unsaturated/α-hetero) is 1. The number of fused-ring (bicyclic) bond motifs is 1. The molecule has 1 aromatic rings. The van der Waals surface area contributed by atoms with Gasteiger partial charge in [0, 0.05) is 18.2 Å². The van der Waals surface area contributed by atoms with Crippen molar-refractivity contribution in [1.82, 2.24) is 20.9 Å². The summed E-state index contributed by atoms with van der Waals surface area (Å²) in [5.74, 6) is -0.102. The standard InChI is InChI=1S/C23H31N5O3/c24-12-17(10-16-7-8-25-22(16)30)26-13-21(29)19(9-14-5-6-14)28-23(31)20-11-15-3-1-2-4-18(15)27-20/h11,14,16-17,19,26-27H,1-10,13H2,(H,25,30)(H,28,31)/t16-,17-,19-/m0/s1. The molecule has 2 heterocycles. The van der Waals surface area contributed by atoms with Gasteiger partial charge in [0.05, 0.1) is 24.7 Å². The zero-order valence-corrected chi connectivity index (χ0v) is 17.8. The summed E-state index contributed by atoms with van der Waals surface area (Å²) in [4.78, 5) is 40.7. The van der Waals surface area contributed by atoms with Crippen LogP contribution in [0.25, 0.3) is 0 Å². The molecule has 2 fully saturated rings. The Morgan fingerprint density at radius 3 is 2.68 bits per heavy atom. The lowest BCUT2D eigenvalue weighted by molar-refractivity contribution is -0.122. The second-order valence-electron chi connectivity index (χ2n) is 9.14. The van der Waals surface area contributed by atoms with Crippen LogP contribution in [0.5, 0.6) is 0 Å². The SMILES string of the molecule is N#C[C@H](C[C@@H]1CCNC1=O)NCC(=O)[C@H](CC1CC1)NC(=O)c1cc2c([nH]1)CCCC2. The van der Waals surface area contributed by atoms with Gasteiger partial charge < -0.3 is 15.6 Å². The van der Waals surface area contributed by atoms with Gasteiger partial charge in [-0.25, -0.2) is 0 Å². The molecule has 2 aliphatic carbocycles. The molecule has 166 valence electrons. The predicted molar refractivity (Wildman–Crippen MR) is 114 cm³/mol. The average Bonchev–Trinajstić information content (AvgIpc) is 3.33. The molecule has 3 aliphatic rings. The lowest BCUT2D eigenvalue weighted by Crippen LogP contribution is -2.46. The molecule has 0 unspecified atom stereocenters. The lowest BCUT2D eigenvalue weighted by atomic mass is 9.98. The highest BCUT2D eigenvalue weighted by atomic mass is 16.2. The number of aromatic amines is 1. The highest BCUT2D eigenvalue weighted by Gasteiger charge is 2.32. The Hall–Kier alpha value is -2.66. The van der Waals surface area contributed by atoms with Crippen LogP contribution < -0.4 is 16.0 Å². The van der Waals surface area contributed by atoms with Crippen molar-refractivity contribution in [2.45, 2.75) is 69.9 Å². The number of carbonyl (C=O) groups is 3. The summed E-state index contributed by atoms with van der Waals surface area (Å²) in [5.41, 5.74) is 2.86. The molecule has 1 saturated carbocycles. The molecule has 0 spiro atoms. The third-order valence-electron chi connectivity index (χ3n) is 6.68. The van der Waals surface area contributed by atoms with E-state index in [1.165, 1.54) is 5.56 Å². The number of nitrogens with one attached hydrogen (secondary N) is 4. The van der Waals surface area contributed by atoms with Crippen LogP contribution in [0.2, 0.25) is 0 Å². The van der Waals surface area contributed by atoms with E-state index in [1.54, 1.807) is 0 Å². The smallest absolute Gasteiger partial charge is 0.268 e. The summed E-state index contributed by atoms with van der Waals surface area (Å²) in [6.45, 7) is 0.643. The Bertz CT molecular complexity index is 859. The number of aromatic nitrogens is 1. The van der Waals surface area contributed by atoms with E-state index >= 15 is 0 Å². The first-order valence-electron chi connectivity index (χ1n) is 11.5. The minimum Gasteiger partial charge on any atom is -0.356 e. The molecule has 0 aromatic carbocycles. The van der Waals surface area contributed by atoms with E-state index in [0.29, 0.717) is 37.4 Å². The van der Waals surface area contributed by atoms with Crippen molar-refractivity contribution in [2.75, 3.05) is 13.1 Å². The fourth-order valence-corrected chi connectivity index (χ4v) is 4.60. The van der Waals surface area contributed by atoms with E-state index in [4.69, 9.17) is 0 Å². The van der Waals surface area contributed by atoms with Gasteiger partial charge in [-0.3, -0.25) is 19.7 Å². The van der Waals surface area contributed by atoms with E-state index in [-0.39, 0.29) is 30.1 Å². The second-order valence-corrected chi connectivity index (χ2v) is 9.14. The van der Waals surface area contributed by atoms with Crippen molar-refractivity contribution in [3.05, 3.63) is 23.0 Å². The minimum atomic E-state index is -0.568. The van der Waals surface area contributed by atoms with Gasteiger partial charge in [0.15, 0.2) is 5.78 Å². The Balaban J connectivity index is 1.33. The number of hydrogen-bond donors (Lipinski definition) is 4. The summed E-state index contributed by atoms with van der Waals surface area (Å²) < 4.78 is 0. The summed E-state index contributed by atoms with van der Waals surface area (Å²) in [6, 6.07) is 2.94. The quantitative estimate of drug-likeness (QED) is 0.450. The number of nitriles is 1. The van der Waals surface area contributed by atoms with E-state index in [1.807, 2.05) is 6.07 Å². The van der Waals surface area contributed by atoms with Crippen LogP contribution >= 0.6 is 0 Å². The van der Waals surface area contributed by atoms with Crippen molar-refractivity contribution < 1.29 is 14.4 Å². The first-order valence-corrected chi connectivity index (χ1v) is 11.5. The number of aryl methyl sites for hydroxylation is 2. The second kappa shape index (κ2) is 9.65.